The van der Waals surface area contributed by atoms with Crippen molar-refractivity contribution < 1.29 is 9.72 Å². The third-order valence-electron chi connectivity index (χ3n) is 2.41. The highest BCUT2D eigenvalue weighted by atomic mass is 16.6. The predicted octanol–water partition coefficient (Wildman–Crippen LogP) is 1.30. The van der Waals surface area contributed by atoms with Gasteiger partial charge in [-0.05, 0) is 18.2 Å². The van der Waals surface area contributed by atoms with Crippen molar-refractivity contribution in [2.45, 2.75) is 6.54 Å². The summed E-state index contributed by atoms with van der Waals surface area (Å²) in [5.74, 6) is -0.391. The molecule has 20 heavy (non-hydrogen) atoms. The summed E-state index contributed by atoms with van der Waals surface area (Å²) in [6.07, 6.45) is 2.24. The van der Waals surface area contributed by atoms with Crippen molar-refractivity contribution in [2.75, 3.05) is 5.32 Å². The molecule has 1 heterocycles. The summed E-state index contributed by atoms with van der Waals surface area (Å²) in [5, 5.41) is 25.5. The van der Waals surface area contributed by atoms with Gasteiger partial charge >= 0.3 is 5.69 Å². The average Bonchev–Trinajstić information content (AvgIpc) is 2.87. The van der Waals surface area contributed by atoms with Crippen molar-refractivity contribution in [3.63, 3.8) is 0 Å². The zero-order valence-corrected chi connectivity index (χ0v) is 10.2. The smallest absolute Gasteiger partial charge is 0.307 e. The van der Waals surface area contributed by atoms with E-state index in [1.54, 1.807) is 18.2 Å². The SMILES string of the molecule is N#Cc1cccc(NC(=O)Cn2cc([N+](=O)[O-])cn2)c1. The van der Waals surface area contributed by atoms with Crippen LogP contribution in [-0.4, -0.2) is 20.6 Å². The van der Waals surface area contributed by atoms with E-state index >= 15 is 0 Å². The molecule has 1 N–H and O–H groups in total. The van der Waals surface area contributed by atoms with Gasteiger partial charge in [-0.15, -0.1) is 0 Å². The number of nitro groups is 1. The van der Waals surface area contributed by atoms with E-state index in [1.165, 1.54) is 16.9 Å². The molecule has 1 aromatic heterocycles. The molecule has 2 aromatic rings. The number of hydrogen-bond acceptors (Lipinski definition) is 5. The summed E-state index contributed by atoms with van der Waals surface area (Å²) in [7, 11) is 0. The minimum Gasteiger partial charge on any atom is -0.324 e. The van der Waals surface area contributed by atoms with E-state index in [0.717, 1.165) is 6.20 Å². The fraction of sp³-hybridized carbons (Fsp3) is 0.0833. The van der Waals surface area contributed by atoms with E-state index in [-0.39, 0.29) is 12.2 Å². The monoisotopic (exact) mass is 271 g/mol. The largest absolute Gasteiger partial charge is 0.324 e. The number of anilines is 1. The number of carbonyl (C=O) groups is 1. The minimum atomic E-state index is -0.586. The molecule has 0 spiro atoms. The lowest BCUT2D eigenvalue weighted by Crippen LogP contribution is -2.19. The number of hydrogen-bond donors (Lipinski definition) is 1. The molecule has 0 aliphatic carbocycles. The standard InChI is InChI=1S/C12H9N5O3/c13-5-9-2-1-3-10(4-9)15-12(18)8-16-7-11(6-14-16)17(19)20/h1-4,6-7H,8H2,(H,15,18). The second kappa shape index (κ2) is 5.62. The van der Waals surface area contributed by atoms with Gasteiger partial charge < -0.3 is 5.32 Å². The quantitative estimate of drug-likeness (QED) is 0.665. The summed E-state index contributed by atoms with van der Waals surface area (Å²) in [6, 6.07) is 8.40. The third-order valence-corrected chi connectivity index (χ3v) is 2.41. The molecule has 0 aliphatic heterocycles. The van der Waals surface area contributed by atoms with Crippen LogP contribution >= 0.6 is 0 Å². The number of aromatic nitrogens is 2. The van der Waals surface area contributed by atoms with E-state index in [4.69, 9.17) is 5.26 Å². The van der Waals surface area contributed by atoms with Crippen molar-refractivity contribution in [2.24, 2.45) is 0 Å². The molecule has 100 valence electrons. The van der Waals surface area contributed by atoms with Crippen molar-refractivity contribution in [3.05, 3.63) is 52.3 Å². The molecule has 2 rings (SSSR count). The number of nitriles is 1. The predicted molar refractivity (Wildman–Crippen MR) is 68.7 cm³/mol. The van der Waals surface area contributed by atoms with Gasteiger partial charge in [0.15, 0.2) is 0 Å². The first-order valence-corrected chi connectivity index (χ1v) is 5.55. The summed E-state index contributed by atoms with van der Waals surface area (Å²) < 4.78 is 1.17. The van der Waals surface area contributed by atoms with E-state index < -0.39 is 10.8 Å². The Balaban J connectivity index is 2.01. The van der Waals surface area contributed by atoms with Crippen LogP contribution in [0.15, 0.2) is 36.7 Å². The molecular weight excluding hydrogens is 262 g/mol. The first kappa shape index (κ1) is 13.2. The van der Waals surface area contributed by atoms with Gasteiger partial charge in [-0.25, -0.2) is 0 Å². The maximum absolute atomic E-state index is 11.7. The molecule has 0 saturated carbocycles. The van der Waals surface area contributed by atoms with Crippen LogP contribution in [0.2, 0.25) is 0 Å². The lowest BCUT2D eigenvalue weighted by atomic mass is 10.2. The lowest BCUT2D eigenvalue weighted by Gasteiger charge is -2.05. The molecule has 1 amide bonds. The molecule has 0 radical (unpaired) electrons. The highest BCUT2D eigenvalue weighted by Crippen LogP contribution is 2.11. The van der Waals surface area contributed by atoms with Gasteiger partial charge in [0.1, 0.15) is 18.9 Å². The Morgan fingerprint density at radius 3 is 3.00 bits per heavy atom. The highest BCUT2D eigenvalue weighted by molar-refractivity contribution is 5.90. The van der Waals surface area contributed by atoms with Gasteiger partial charge in [-0.2, -0.15) is 10.4 Å². The molecular formula is C12H9N5O3. The highest BCUT2D eigenvalue weighted by Gasteiger charge is 2.11. The number of nitrogens with zero attached hydrogens (tertiary/aromatic N) is 4. The van der Waals surface area contributed by atoms with Gasteiger partial charge in [0.25, 0.3) is 0 Å². The van der Waals surface area contributed by atoms with Crippen molar-refractivity contribution in [1.82, 2.24) is 9.78 Å². The summed E-state index contributed by atoms with van der Waals surface area (Å²) in [4.78, 5) is 21.6. The lowest BCUT2D eigenvalue weighted by molar-refractivity contribution is -0.385. The van der Waals surface area contributed by atoms with E-state index in [9.17, 15) is 14.9 Å². The average molecular weight is 271 g/mol. The summed E-state index contributed by atoms with van der Waals surface area (Å²) >= 11 is 0. The molecule has 0 fully saturated rings. The van der Waals surface area contributed by atoms with Gasteiger partial charge in [0, 0.05) is 5.69 Å². The Labute approximate surface area is 113 Å². The van der Waals surface area contributed by atoms with Crippen LogP contribution in [0.1, 0.15) is 5.56 Å². The third kappa shape index (κ3) is 3.17. The molecule has 0 saturated heterocycles. The van der Waals surface area contributed by atoms with Gasteiger partial charge in [-0.1, -0.05) is 6.07 Å². The normalized spacial score (nSPS) is 9.75. The van der Waals surface area contributed by atoms with Crippen LogP contribution in [0.4, 0.5) is 11.4 Å². The van der Waals surface area contributed by atoms with Crippen molar-refractivity contribution in [1.29, 1.82) is 5.26 Å². The maximum Gasteiger partial charge on any atom is 0.307 e. The fourth-order valence-electron chi connectivity index (χ4n) is 1.55. The second-order valence-electron chi connectivity index (χ2n) is 3.89. The molecule has 0 aliphatic rings. The number of amides is 1. The first-order valence-electron chi connectivity index (χ1n) is 5.55. The Kier molecular flexibility index (Phi) is 3.72. The topological polar surface area (TPSA) is 114 Å². The molecule has 0 unspecified atom stereocenters. The maximum atomic E-state index is 11.7. The molecule has 8 heteroatoms. The summed E-state index contributed by atoms with van der Waals surface area (Å²) in [6.45, 7) is -0.148. The number of rotatable bonds is 4. The molecule has 8 nitrogen and oxygen atoms in total. The van der Waals surface area contributed by atoms with E-state index in [2.05, 4.69) is 10.4 Å². The van der Waals surface area contributed by atoms with Crippen LogP contribution in [0, 0.1) is 21.4 Å². The van der Waals surface area contributed by atoms with Gasteiger partial charge in [0.05, 0.1) is 16.6 Å². The van der Waals surface area contributed by atoms with Gasteiger partial charge in [0.2, 0.25) is 5.91 Å². The Hall–Kier alpha value is -3.21. The Morgan fingerprint density at radius 1 is 1.55 bits per heavy atom. The number of nitrogens with one attached hydrogen (secondary N) is 1. The van der Waals surface area contributed by atoms with E-state index in [0.29, 0.717) is 11.3 Å². The minimum absolute atomic E-state index is 0.148. The Bertz CT molecular complexity index is 701. The zero-order valence-electron chi connectivity index (χ0n) is 10.2. The molecule has 1 aromatic carbocycles. The van der Waals surface area contributed by atoms with Crippen LogP contribution in [0.3, 0.4) is 0 Å². The molecule has 0 bridgehead atoms. The first-order chi connectivity index (χ1) is 9.58. The van der Waals surface area contributed by atoms with Crippen LogP contribution in [0.25, 0.3) is 0 Å². The number of carbonyl (C=O) groups excluding carboxylic acids is 1. The number of benzene rings is 1. The zero-order chi connectivity index (χ0) is 14.5. The fourth-order valence-corrected chi connectivity index (χ4v) is 1.55. The van der Waals surface area contributed by atoms with Gasteiger partial charge in [-0.3, -0.25) is 19.6 Å². The van der Waals surface area contributed by atoms with Crippen molar-refractivity contribution >= 4 is 17.3 Å². The summed E-state index contributed by atoms with van der Waals surface area (Å²) in [5.41, 5.74) is 0.734. The second-order valence-corrected chi connectivity index (χ2v) is 3.89. The van der Waals surface area contributed by atoms with Crippen LogP contribution < -0.4 is 5.32 Å². The van der Waals surface area contributed by atoms with Crippen LogP contribution in [-0.2, 0) is 11.3 Å². The Morgan fingerprint density at radius 2 is 2.35 bits per heavy atom. The van der Waals surface area contributed by atoms with E-state index in [1.807, 2.05) is 6.07 Å². The molecule has 0 atom stereocenters. The van der Waals surface area contributed by atoms with Crippen LogP contribution in [0.5, 0.6) is 0 Å². The van der Waals surface area contributed by atoms with Crippen molar-refractivity contribution in [3.8, 4) is 6.07 Å².